The summed E-state index contributed by atoms with van der Waals surface area (Å²) in [6.45, 7) is 2.96. The van der Waals surface area contributed by atoms with E-state index in [1.807, 2.05) is 12.1 Å². The third kappa shape index (κ3) is 3.65. The zero-order chi connectivity index (χ0) is 14.5. The molecular weight excluding hydrogens is 346 g/mol. The van der Waals surface area contributed by atoms with Gasteiger partial charge in [-0.05, 0) is 35.0 Å². The van der Waals surface area contributed by atoms with Crippen LogP contribution in [0.4, 0.5) is 0 Å². The van der Waals surface area contributed by atoms with Crippen LogP contribution in [-0.2, 0) is 16.0 Å². The predicted molar refractivity (Wildman–Crippen MR) is 78.0 cm³/mol. The van der Waals surface area contributed by atoms with Crippen LogP contribution in [0, 0.1) is 6.92 Å². The van der Waals surface area contributed by atoms with Crippen LogP contribution in [0.15, 0.2) is 15.9 Å². The lowest BCUT2D eigenvalue weighted by atomic mass is 10.3. The Labute approximate surface area is 128 Å². The summed E-state index contributed by atoms with van der Waals surface area (Å²) in [5, 5.41) is 7.88. The van der Waals surface area contributed by atoms with Crippen LogP contribution < -0.4 is 0 Å². The van der Waals surface area contributed by atoms with Crippen molar-refractivity contribution in [1.82, 2.24) is 15.0 Å². The maximum absolute atomic E-state index is 11.8. The number of esters is 1. The molecule has 0 radical (unpaired) electrons. The number of carbonyl (C=O) groups is 1. The molecule has 0 amide bonds. The van der Waals surface area contributed by atoms with Crippen LogP contribution in [0.5, 0.6) is 0 Å². The first-order valence-electron chi connectivity index (χ1n) is 5.92. The lowest BCUT2D eigenvalue weighted by Gasteiger charge is -2.03. The molecule has 2 heterocycles. The van der Waals surface area contributed by atoms with Crippen molar-refractivity contribution in [3.63, 3.8) is 0 Å². The van der Waals surface area contributed by atoms with Crippen molar-refractivity contribution in [2.45, 2.75) is 13.5 Å². The molecule has 8 heteroatoms. The Morgan fingerprint density at radius 1 is 1.45 bits per heavy atom. The lowest BCUT2D eigenvalue weighted by molar-refractivity contribution is 0.0380. The number of carbonyl (C=O) groups excluding carboxylic acids is 1. The van der Waals surface area contributed by atoms with Crippen LogP contribution in [0.2, 0.25) is 0 Å². The fraction of sp³-hybridized carbons (Fsp3) is 0.417. The largest absolute Gasteiger partial charge is 0.458 e. The molecule has 0 atom stereocenters. The first kappa shape index (κ1) is 15.1. The molecule has 20 heavy (non-hydrogen) atoms. The minimum Gasteiger partial charge on any atom is -0.458 e. The zero-order valence-corrected chi connectivity index (χ0v) is 13.5. The summed E-state index contributed by atoms with van der Waals surface area (Å²) >= 11 is 5.04. The minimum atomic E-state index is -0.474. The van der Waals surface area contributed by atoms with Crippen LogP contribution in [0.3, 0.4) is 0 Å². The Hall–Kier alpha value is -1.25. The molecule has 0 aromatic carbocycles. The zero-order valence-electron chi connectivity index (χ0n) is 11.1. The number of ether oxygens (including phenoxy) is 2. The molecule has 6 nitrogen and oxygen atoms in total. The van der Waals surface area contributed by atoms with Crippen molar-refractivity contribution in [2.75, 3.05) is 20.3 Å². The van der Waals surface area contributed by atoms with E-state index in [0.717, 1.165) is 8.66 Å². The van der Waals surface area contributed by atoms with Gasteiger partial charge in [0.1, 0.15) is 6.61 Å². The summed E-state index contributed by atoms with van der Waals surface area (Å²) in [7, 11) is 1.55. The van der Waals surface area contributed by atoms with Gasteiger partial charge in [-0.3, -0.25) is 0 Å². The summed E-state index contributed by atoms with van der Waals surface area (Å²) in [6.07, 6.45) is 0. The predicted octanol–water partition coefficient (Wildman–Crippen LogP) is 2.26. The number of hydrogen-bond acceptors (Lipinski definition) is 6. The maximum Gasteiger partial charge on any atom is 0.360 e. The van der Waals surface area contributed by atoms with E-state index in [0.29, 0.717) is 18.8 Å². The number of aromatic nitrogens is 3. The average Bonchev–Trinajstić information content (AvgIpc) is 2.98. The first-order valence-corrected chi connectivity index (χ1v) is 7.53. The summed E-state index contributed by atoms with van der Waals surface area (Å²) in [6, 6.07) is 3.98. The molecule has 2 rings (SSSR count). The van der Waals surface area contributed by atoms with Crippen molar-refractivity contribution in [1.29, 1.82) is 0 Å². The summed E-state index contributed by atoms with van der Waals surface area (Å²) < 4.78 is 12.6. The molecule has 0 fully saturated rings. The van der Waals surface area contributed by atoms with E-state index in [9.17, 15) is 4.79 Å². The third-order valence-corrected chi connectivity index (χ3v) is 4.24. The minimum absolute atomic E-state index is 0.208. The van der Waals surface area contributed by atoms with Gasteiger partial charge < -0.3 is 9.47 Å². The summed E-state index contributed by atoms with van der Waals surface area (Å²) in [4.78, 5) is 12.9. The average molecular weight is 360 g/mol. The van der Waals surface area contributed by atoms with Crippen LogP contribution in [-0.4, -0.2) is 41.3 Å². The molecule has 0 spiro atoms. The Morgan fingerprint density at radius 2 is 2.25 bits per heavy atom. The van der Waals surface area contributed by atoms with E-state index >= 15 is 0 Å². The molecule has 0 unspecified atom stereocenters. The Kier molecular flexibility index (Phi) is 5.27. The SMILES string of the molecule is COCCOC(=O)c1nnn(Cc2ccc(Br)s2)c1C. The van der Waals surface area contributed by atoms with Gasteiger partial charge in [-0.15, -0.1) is 16.4 Å². The van der Waals surface area contributed by atoms with Gasteiger partial charge in [0.25, 0.3) is 0 Å². The molecule has 2 aromatic heterocycles. The Balaban J connectivity index is 2.04. The molecule has 0 N–H and O–H groups in total. The highest BCUT2D eigenvalue weighted by atomic mass is 79.9. The number of hydrogen-bond donors (Lipinski definition) is 0. The molecule has 2 aromatic rings. The fourth-order valence-electron chi connectivity index (χ4n) is 1.57. The normalized spacial score (nSPS) is 10.8. The van der Waals surface area contributed by atoms with E-state index in [2.05, 4.69) is 26.2 Å². The van der Waals surface area contributed by atoms with Gasteiger partial charge in [0.15, 0.2) is 5.69 Å². The molecule has 0 bridgehead atoms. The van der Waals surface area contributed by atoms with Crippen LogP contribution in [0.1, 0.15) is 21.1 Å². The molecule has 108 valence electrons. The first-order chi connectivity index (χ1) is 9.61. The van der Waals surface area contributed by atoms with Gasteiger partial charge in [-0.1, -0.05) is 5.21 Å². The highest BCUT2D eigenvalue weighted by Gasteiger charge is 2.18. The molecule has 0 aliphatic carbocycles. The Morgan fingerprint density at radius 3 is 2.90 bits per heavy atom. The molecular formula is C12H14BrN3O3S. The van der Waals surface area contributed by atoms with E-state index in [1.165, 1.54) is 0 Å². The summed E-state index contributed by atoms with van der Waals surface area (Å²) in [5.74, 6) is -0.474. The van der Waals surface area contributed by atoms with Crippen LogP contribution in [0.25, 0.3) is 0 Å². The van der Waals surface area contributed by atoms with Gasteiger partial charge in [0, 0.05) is 12.0 Å². The van der Waals surface area contributed by atoms with Gasteiger partial charge >= 0.3 is 5.97 Å². The third-order valence-electron chi connectivity index (χ3n) is 2.63. The van der Waals surface area contributed by atoms with Crippen molar-refractivity contribution < 1.29 is 14.3 Å². The lowest BCUT2D eigenvalue weighted by Crippen LogP contribution is -2.12. The van der Waals surface area contributed by atoms with Gasteiger partial charge in [-0.2, -0.15) is 0 Å². The van der Waals surface area contributed by atoms with Crippen molar-refractivity contribution in [2.24, 2.45) is 0 Å². The molecule has 0 aliphatic rings. The van der Waals surface area contributed by atoms with E-state index in [-0.39, 0.29) is 12.3 Å². The smallest absolute Gasteiger partial charge is 0.360 e. The maximum atomic E-state index is 11.8. The summed E-state index contributed by atoms with van der Waals surface area (Å²) in [5.41, 5.74) is 0.939. The van der Waals surface area contributed by atoms with Crippen molar-refractivity contribution in [3.05, 3.63) is 32.2 Å². The van der Waals surface area contributed by atoms with E-state index < -0.39 is 5.97 Å². The van der Waals surface area contributed by atoms with Gasteiger partial charge in [0.2, 0.25) is 0 Å². The number of thiophene rings is 1. The second-order valence-corrected chi connectivity index (χ2v) is 6.56. The molecule has 0 saturated heterocycles. The van der Waals surface area contributed by atoms with Crippen LogP contribution >= 0.6 is 27.3 Å². The highest BCUT2D eigenvalue weighted by Crippen LogP contribution is 2.23. The number of halogens is 1. The second-order valence-electron chi connectivity index (χ2n) is 4.02. The number of methoxy groups -OCH3 is 1. The van der Waals surface area contributed by atoms with E-state index in [4.69, 9.17) is 9.47 Å². The van der Waals surface area contributed by atoms with Gasteiger partial charge in [0.05, 0.1) is 22.6 Å². The number of nitrogens with zero attached hydrogens (tertiary/aromatic N) is 3. The topological polar surface area (TPSA) is 66.2 Å². The molecule has 0 aliphatic heterocycles. The van der Waals surface area contributed by atoms with Crippen molar-refractivity contribution in [3.8, 4) is 0 Å². The van der Waals surface area contributed by atoms with Gasteiger partial charge in [-0.25, -0.2) is 9.48 Å². The van der Waals surface area contributed by atoms with E-state index in [1.54, 1.807) is 30.1 Å². The number of rotatable bonds is 6. The highest BCUT2D eigenvalue weighted by molar-refractivity contribution is 9.11. The quantitative estimate of drug-likeness (QED) is 0.584. The standard InChI is InChI=1S/C12H14BrN3O3S/c1-8-11(12(17)19-6-5-18-2)14-15-16(8)7-9-3-4-10(13)20-9/h3-4H,5-7H2,1-2H3. The fourth-order valence-corrected chi connectivity index (χ4v) is 3.03. The molecule has 0 saturated carbocycles. The second kappa shape index (κ2) is 6.96. The van der Waals surface area contributed by atoms with Crippen molar-refractivity contribution >= 4 is 33.2 Å². The Bertz CT molecular complexity index is 597. The monoisotopic (exact) mass is 359 g/mol.